The third-order valence-electron chi connectivity index (χ3n) is 3.36. The molecule has 4 nitrogen and oxygen atoms in total. The molecule has 0 amide bonds. The zero-order valence-electron chi connectivity index (χ0n) is 10.6. The summed E-state index contributed by atoms with van der Waals surface area (Å²) in [5.41, 5.74) is 1.03. The van der Waals surface area contributed by atoms with Gasteiger partial charge in [-0.05, 0) is 39.1 Å². The van der Waals surface area contributed by atoms with Crippen molar-refractivity contribution < 1.29 is 5.11 Å². The lowest BCUT2D eigenvalue weighted by atomic mass is 10.2. The van der Waals surface area contributed by atoms with Crippen molar-refractivity contribution in [3.63, 3.8) is 0 Å². The Morgan fingerprint density at radius 2 is 2.24 bits per heavy atom. The van der Waals surface area contributed by atoms with Gasteiger partial charge in [-0.1, -0.05) is 0 Å². The molecule has 0 saturated carbocycles. The topological polar surface area (TPSA) is 39.6 Å². The maximum atomic E-state index is 9.21. The largest absolute Gasteiger partial charge is 0.506 e. The molecule has 0 radical (unpaired) electrons. The maximum Gasteiger partial charge on any atom is 0.133 e. The third kappa shape index (κ3) is 3.41. The van der Waals surface area contributed by atoms with E-state index in [0.29, 0.717) is 6.04 Å². The van der Waals surface area contributed by atoms with Crippen LogP contribution in [0.1, 0.15) is 19.0 Å². The van der Waals surface area contributed by atoms with Crippen LogP contribution in [0.15, 0.2) is 18.3 Å². The fraction of sp³-hybridized carbons (Fsp3) is 0.615. The Hall–Kier alpha value is -1.13. The standard InChI is InChI=1S/C13H21N3O/c1-11-9-15(2)6-3-7-16(11)10-12-4-5-13(17)8-14-12/h4-5,8,11,17H,3,6-7,9-10H2,1-2H3. The highest BCUT2D eigenvalue weighted by atomic mass is 16.3. The Labute approximate surface area is 103 Å². The zero-order chi connectivity index (χ0) is 12.3. The minimum absolute atomic E-state index is 0.234. The van der Waals surface area contributed by atoms with Crippen LogP contribution in [0.3, 0.4) is 0 Å². The Kier molecular flexibility index (Phi) is 3.97. The lowest BCUT2D eigenvalue weighted by molar-refractivity contribution is 0.192. The zero-order valence-corrected chi connectivity index (χ0v) is 10.6. The number of aromatic nitrogens is 1. The van der Waals surface area contributed by atoms with Gasteiger partial charge in [-0.25, -0.2) is 0 Å². The van der Waals surface area contributed by atoms with E-state index in [0.717, 1.165) is 25.3 Å². The monoisotopic (exact) mass is 235 g/mol. The second kappa shape index (κ2) is 5.47. The number of hydrogen-bond acceptors (Lipinski definition) is 4. The smallest absolute Gasteiger partial charge is 0.133 e. The van der Waals surface area contributed by atoms with Gasteiger partial charge < -0.3 is 10.0 Å². The average molecular weight is 235 g/mol. The van der Waals surface area contributed by atoms with Gasteiger partial charge in [0.1, 0.15) is 5.75 Å². The van der Waals surface area contributed by atoms with Crippen molar-refractivity contribution in [3.8, 4) is 5.75 Å². The summed E-state index contributed by atoms with van der Waals surface area (Å²) in [6.45, 7) is 6.54. The van der Waals surface area contributed by atoms with Crippen molar-refractivity contribution in [1.82, 2.24) is 14.8 Å². The van der Waals surface area contributed by atoms with Crippen molar-refractivity contribution in [2.75, 3.05) is 26.7 Å². The molecule has 1 atom stereocenters. The number of hydrogen-bond donors (Lipinski definition) is 1. The summed E-state index contributed by atoms with van der Waals surface area (Å²) in [6, 6.07) is 4.16. The molecular formula is C13H21N3O. The first kappa shape index (κ1) is 12.3. The first-order chi connectivity index (χ1) is 8.15. The van der Waals surface area contributed by atoms with Gasteiger partial charge in [-0.2, -0.15) is 0 Å². The Balaban J connectivity index is 1.99. The molecule has 1 unspecified atom stereocenters. The maximum absolute atomic E-state index is 9.21. The molecule has 0 spiro atoms. The lowest BCUT2D eigenvalue weighted by Gasteiger charge is -2.27. The Morgan fingerprint density at radius 1 is 1.41 bits per heavy atom. The van der Waals surface area contributed by atoms with Crippen LogP contribution in [0.25, 0.3) is 0 Å². The van der Waals surface area contributed by atoms with Crippen LogP contribution in [0, 0.1) is 0 Å². The molecule has 0 aliphatic carbocycles. The summed E-state index contributed by atoms with van der Waals surface area (Å²) in [6.07, 6.45) is 2.73. The molecule has 94 valence electrons. The van der Waals surface area contributed by atoms with Gasteiger partial charge in [0.15, 0.2) is 0 Å². The predicted octanol–water partition coefficient (Wildman–Crippen LogP) is 1.31. The van der Waals surface area contributed by atoms with Gasteiger partial charge in [-0.3, -0.25) is 9.88 Å². The SMILES string of the molecule is CC1CN(C)CCCN1Cc1ccc(O)cn1. The summed E-state index contributed by atoms with van der Waals surface area (Å²) in [7, 11) is 2.18. The highest BCUT2D eigenvalue weighted by Crippen LogP contribution is 2.13. The van der Waals surface area contributed by atoms with Crippen molar-refractivity contribution in [2.45, 2.75) is 25.9 Å². The molecule has 1 saturated heterocycles. The molecule has 1 aliphatic heterocycles. The molecule has 1 fully saturated rings. The van der Waals surface area contributed by atoms with Gasteiger partial charge in [0.2, 0.25) is 0 Å². The number of nitrogens with zero attached hydrogens (tertiary/aromatic N) is 3. The average Bonchev–Trinajstić information content (AvgIpc) is 2.44. The van der Waals surface area contributed by atoms with Gasteiger partial charge in [-0.15, -0.1) is 0 Å². The molecule has 17 heavy (non-hydrogen) atoms. The van der Waals surface area contributed by atoms with Gasteiger partial charge in [0.25, 0.3) is 0 Å². The molecule has 1 aromatic rings. The van der Waals surface area contributed by atoms with Crippen LogP contribution in [0.5, 0.6) is 5.75 Å². The summed E-state index contributed by atoms with van der Waals surface area (Å²) >= 11 is 0. The van der Waals surface area contributed by atoms with E-state index in [2.05, 4.69) is 28.8 Å². The van der Waals surface area contributed by atoms with Crippen LogP contribution in [0.4, 0.5) is 0 Å². The highest BCUT2D eigenvalue weighted by Gasteiger charge is 2.19. The van der Waals surface area contributed by atoms with Crippen LogP contribution < -0.4 is 0 Å². The Morgan fingerprint density at radius 3 is 2.94 bits per heavy atom. The first-order valence-electron chi connectivity index (χ1n) is 6.21. The van der Waals surface area contributed by atoms with Crippen molar-refractivity contribution >= 4 is 0 Å². The molecule has 2 heterocycles. The molecule has 1 N–H and O–H groups in total. The second-order valence-electron chi connectivity index (χ2n) is 4.94. The van der Waals surface area contributed by atoms with Crippen molar-refractivity contribution in [1.29, 1.82) is 0 Å². The number of pyridine rings is 1. The summed E-state index contributed by atoms with van der Waals surface area (Å²) in [4.78, 5) is 9.10. The minimum atomic E-state index is 0.234. The van der Waals surface area contributed by atoms with Gasteiger partial charge in [0.05, 0.1) is 11.9 Å². The summed E-state index contributed by atoms with van der Waals surface area (Å²) < 4.78 is 0. The van der Waals surface area contributed by atoms with E-state index in [1.807, 2.05) is 6.07 Å². The highest BCUT2D eigenvalue weighted by molar-refractivity contribution is 5.17. The number of aromatic hydroxyl groups is 1. The molecule has 1 aliphatic rings. The second-order valence-corrected chi connectivity index (χ2v) is 4.94. The van der Waals surface area contributed by atoms with E-state index < -0.39 is 0 Å². The molecule has 0 bridgehead atoms. The predicted molar refractivity (Wildman–Crippen MR) is 67.9 cm³/mol. The normalized spacial score (nSPS) is 23.5. The van der Waals surface area contributed by atoms with Gasteiger partial charge >= 0.3 is 0 Å². The van der Waals surface area contributed by atoms with Crippen LogP contribution in [-0.4, -0.2) is 52.6 Å². The molecule has 0 aromatic carbocycles. The quantitative estimate of drug-likeness (QED) is 0.839. The molecular weight excluding hydrogens is 214 g/mol. The number of rotatable bonds is 2. The molecule has 2 rings (SSSR count). The van der Waals surface area contributed by atoms with E-state index in [-0.39, 0.29) is 5.75 Å². The fourth-order valence-corrected chi connectivity index (χ4v) is 2.38. The minimum Gasteiger partial charge on any atom is -0.506 e. The first-order valence-corrected chi connectivity index (χ1v) is 6.21. The van der Waals surface area contributed by atoms with E-state index in [1.165, 1.54) is 19.2 Å². The molecule has 4 heteroatoms. The van der Waals surface area contributed by atoms with E-state index >= 15 is 0 Å². The fourth-order valence-electron chi connectivity index (χ4n) is 2.38. The summed E-state index contributed by atoms with van der Waals surface area (Å²) in [5, 5.41) is 9.21. The van der Waals surface area contributed by atoms with Crippen LogP contribution >= 0.6 is 0 Å². The molecule has 1 aromatic heterocycles. The van der Waals surface area contributed by atoms with Crippen molar-refractivity contribution in [2.24, 2.45) is 0 Å². The van der Waals surface area contributed by atoms with Crippen LogP contribution in [0.2, 0.25) is 0 Å². The summed E-state index contributed by atoms with van der Waals surface area (Å²) in [5.74, 6) is 0.234. The van der Waals surface area contributed by atoms with E-state index in [9.17, 15) is 5.11 Å². The van der Waals surface area contributed by atoms with E-state index in [4.69, 9.17) is 0 Å². The third-order valence-corrected chi connectivity index (χ3v) is 3.36. The van der Waals surface area contributed by atoms with Crippen molar-refractivity contribution in [3.05, 3.63) is 24.0 Å². The number of likely N-dealkylation sites (N-methyl/N-ethyl adjacent to an activating group) is 1. The van der Waals surface area contributed by atoms with E-state index in [1.54, 1.807) is 6.07 Å². The Bertz CT molecular complexity index is 352. The van der Waals surface area contributed by atoms with Gasteiger partial charge in [0, 0.05) is 25.7 Å². The lowest BCUT2D eigenvalue weighted by Crippen LogP contribution is -2.37. The van der Waals surface area contributed by atoms with Crippen LogP contribution in [-0.2, 0) is 6.54 Å².